The number of alkyl halides is 1. The molecule has 1 aliphatic heterocycles. The molecule has 7 heteroatoms. The lowest BCUT2D eigenvalue weighted by Gasteiger charge is -2.16. The summed E-state index contributed by atoms with van der Waals surface area (Å²) in [6, 6.07) is 0. The zero-order valence-electron chi connectivity index (χ0n) is 8.22. The van der Waals surface area contributed by atoms with Gasteiger partial charge in [0.1, 0.15) is 5.69 Å². The van der Waals surface area contributed by atoms with Crippen LogP contribution in [0.5, 0.6) is 0 Å². The Morgan fingerprint density at radius 3 is 2.88 bits per heavy atom. The molecule has 0 spiro atoms. The summed E-state index contributed by atoms with van der Waals surface area (Å²) in [5.74, 6) is -1.93. The second-order valence-electron chi connectivity index (χ2n) is 3.62. The minimum atomic E-state index is -2.31. The monoisotopic (exact) mass is 244 g/mol. The van der Waals surface area contributed by atoms with Crippen molar-refractivity contribution < 1.29 is 19.1 Å². The van der Waals surface area contributed by atoms with Gasteiger partial charge >= 0.3 is 5.97 Å². The number of hydrogen-bond donors (Lipinski definition) is 1. The van der Waals surface area contributed by atoms with E-state index in [4.69, 9.17) is 5.11 Å². The fourth-order valence-electron chi connectivity index (χ4n) is 1.60. The standard InChI is InChI=1S/C9H9FN2O3S/c10-9(8(14)15)1-2-12(4-9)7(13)6-3-16-5-11-6/h3,5H,1-2,4H2,(H,14,15). The van der Waals surface area contributed by atoms with Gasteiger partial charge in [0, 0.05) is 18.3 Å². The maximum Gasteiger partial charge on any atom is 0.343 e. The second kappa shape index (κ2) is 3.82. The SMILES string of the molecule is O=C(c1cscn1)N1CCC(F)(C(=O)O)C1. The molecule has 16 heavy (non-hydrogen) atoms. The van der Waals surface area contributed by atoms with E-state index < -0.39 is 24.1 Å². The number of carboxylic acids is 1. The third-order valence-corrected chi connectivity index (χ3v) is 3.13. The van der Waals surface area contributed by atoms with Crippen molar-refractivity contribution in [1.82, 2.24) is 9.88 Å². The molecule has 1 amide bonds. The van der Waals surface area contributed by atoms with Gasteiger partial charge in [-0.1, -0.05) is 0 Å². The van der Waals surface area contributed by atoms with E-state index in [1.165, 1.54) is 21.7 Å². The molecule has 1 fully saturated rings. The topological polar surface area (TPSA) is 70.5 Å². The van der Waals surface area contributed by atoms with Gasteiger partial charge in [0.05, 0.1) is 12.1 Å². The summed E-state index contributed by atoms with van der Waals surface area (Å²) in [6.45, 7) is -0.294. The van der Waals surface area contributed by atoms with Crippen molar-refractivity contribution in [3.8, 4) is 0 Å². The Labute approximate surface area is 94.5 Å². The molecule has 0 aromatic carbocycles. The lowest BCUT2D eigenvalue weighted by molar-refractivity contribution is -0.149. The number of halogens is 1. The van der Waals surface area contributed by atoms with Crippen molar-refractivity contribution in [3.05, 3.63) is 16.6 Å². The van der Waals surface area contributed by atoms with Gasteiger partial charge in [0.15, 0.2) is 0 Å². The van der Waals surface area contributed by atoms with Gasteiger partial charge in [-0.25, -0.2) is 14.2 Å². The molecule has 0 bridgehead atoms. The average Bonchev–Trinajstić information content (AvgIpc) is 2.85. The van der Waals surface area contributed by atoms with Gasteiger partial charge < -0.3 is 10.0 Å². The molecule has 1 aromatic heterocycles. The van der Waals surface area contributed by atoms with Crippen LogP contribution in [0.15, 0.2) is 10.9 Å². The number of thiazole rings is 1. The summed E-state index contributed by atoms with van der Waals surface area (Å²) in [5.41, 5.74) is -0.575. The Hall–Kier alpha value is -1.50. The van der Waals surface area contributed by atoms with Gasteiger partial charge in [-0.15, -0.1) is 11.3 Å². The van der Waals surface area contributed by atoms with Crippen LogP contribution < -0.4 is 0 Å². The first kappa shape index (κ1) is 11.0. The van der Waals surface area contributed by atoms with Crippen LogP contribution in [0.2, 0.25) is 0 Å². The number of carboxylic acid groups (broad SMARTS) is 1. The smallest absolute Gasteiger partial charge is 0.343 e. The Balaban J connectivity index is 2.10. The van der Waals surface area contributed by atoms with Gasteiger partial charge in [0.25, 0.3) is 5.91 Å². The summed E-state index contributed by atoms with van der Waals surface area (Å²) in [7, 11) is 0. The number of aromatic nitrogens is 1. The number of carbonyl (C=O) groups is 2. The number of rotatable bonds is 2. The van der Waals surface area contributed by atoms with E-state index in [0.29, 0.717) is 0 Å². The predicted molar refractivity (Wildman–Crippen MR) is 54.1 cm³/mol. The third-order valence-electron chi connectivity index (χ3n) is 2.54. The molecule has 1 N–H and O–H groups in total. The quantitative estimate of drug-likeness (QED) is 0.834. The van der Waals surface area contributed by atoms with Crippen LogP contribution >= 0.6 is 11.3 Å². The molecule has 5 nitrogen and oxygen atoms in total. The zero-order valence-corrected chi connectivity index (χ0v) is 9.04. The minimum Gasteiger partial charge on any atom is -0.479 e. The van der Waals surface area contributed by atoms with Crippen LogP contribution in [0.25, 0.3) is 0 Å². The first-order chi connectivity index (χ1) is 7.53. The zero-order chi connectivity index (χ0) is 11.8. The molecule has 0 radical (unpaired) electrons. The molecular formula is C9H9FN2O3S. The van der Waals surface area contributed by atoms with E-state index in [1.807, 2.05) is 0 Å². The molecule has 1 saturated heterocycles. The molecule has 1 aliphatic rings. The van der Waals surface area contributed by atoms with Crippen molar-refractivity contribution >= 4 is 23.2 Å². The van der Waals surface area contributed by atoms with Gasteiger partial charge in [0.2, 0.25) is 5.67 Å². The maximum atomic E-state index is 13.7. The normalized spacial score (nSPS) is 24.7. The van der Waals surface area contributed by atoms with E-state index in [2.05, 4.69) is 4.98 Å². The van der Waals surface area contributed by atoms with Gasteiger partial charge in [-0.05, 0) is 0 Å². The molecule has 0 aliphatic carbocycles. The largest absolute Gasteiger partial charge is 0.479 e. The Kier molecular flexibility index (Phi) is 2.63. The average molecular weight is 244 g/mol. The van der Waals surface area contributed by atoms with Crippen molar-refractivity contribution in [2.75, 3.05) is 13.1 Å². The highest BCUT2D eigenvalue weighted by Crippen LogP contribution is 2.26. The van der Waals surface area contributed by atoms with Crippen LogP contribution in [0, 0.1) is 0 Å². The van der Waals surface area contributed by atoms with Crippen LogP contribution in [0.3, 0.4) is 0 Å². The van der Waals surface area contributed by atoms with Crippen molar-refractivity contribution in [1.29, 1.82) is 0 Å². The predicted octanol–water partition coefficient (Wildman–Crippen LogP) is 0.782. The lowest BCUT2D eigenvalue weighted by Crippen LogP contribution is -2.39. The molecular weight excluding hydrogens is 235 g/mol. The summed E-state index contributed by atoms with van der Waals surface area (Å²) in [5, 5.41) is 10.2. The van der Waals surface area contributed by atoms with Crippen molar-refractivity contribution in [3.63, 3.8) is 0 Å². The fourth-order valence-corrected chi connectivity index (χ4v) is 2.13. The van der Waals surface area contributed by atoms with Crippen LogP contribution in [-0.4, -0.2) is 45.6 Å². The summed E-state index contributed by atoms with van der Waals surface area (Å²) in [6.07, 6.45) is -0.168. The lowest BCUT2D eigenvalue weighted by atomic mass is 10.1. The number of amides is 1. The second-order valence-corrected chi connectivity index (χ2v) is 4.34. The fraction of sp³-hybridized carbons (Fsp3) is 0.444. The van der Waals surface area contributed by atoms with Crippen LogP contribution in [0.1, 0.15) is 16.9 Å². The first-order valence-electron chi connectivity index (χ1n) is 4.63. The van der Waals surface area contributed by atoms with Gasteiger partial charge in [-0.2, -0.15) is 0 Å². The highest BCUT2D eigenvalue weighted by atomic mass is 32.1. The summed E-state index contributed by atoms with van der Waals surface area (Å²) in [4.78, 5) is 27.4. The highest BCUT2D eigenvalue weighted by Gasteiger charge is 2.47. The van der Waals surface area contributed by atoms with E-state index >= 15 is 0 Å². The number of hydrogen-bond acceptors (Lipinski definition) is 4. The third kappa shape index (κ3) is 1.78. The van der Waals surface area contributed by atoms with E-state index in [1.54, 1.807) is 5.38 Å². The number of carbonyl (C=O) groups excluding carboxylic acids is 1. The molecule has 86 valence electrons. The number of aliphatic carboxylic acids is 1. The number of nitrogens with zero attached hydrogens (tertiary/aromatic N) is 2. The highest BCUT2D eigenvalue weighted by molar-refractivity contribution is 7.07. The molecule has 1 aromatic rings. The maximum absolute atomic E-state index is 13.7. The molecule has 2 heterocycles. The Bertz CT molecular complexity index is 422. The first-order valence-corrected chi connectivity index (χ1v) is 5.57. The van der Waals surface area contributed by atoms with Gasteiger partial charge in [-0.3, -0.25) is 4.79 Å². The molecule has 2 rings (SSSR count). The summed E-state index contributed by atoms with van der Waals surface area (Å²) < 4.78 is 13.7. The molecule has 1 unspecified atom stereocenters. The van der Waals surface area contributed by atoms with Crippen molar-refractivity contribution in [2.24, 2.45) is 0 Å². The van der Waals surface area contributed by atoms with E-state index in [-0.39, 0.29) is 18.7 Å². The van der Waals surface area contributed by atoms with Crippen LogP contribution in [0.4, 0.5) is 4.39 Å². The molecule has 1 atom stereocenters. The van der Waals surface area contributed by atoms with Crippen LogP contribution in [-0.2, 0) is 4.79 Å². The summed E-state index contributed by atoms with van der Waals surface area (Å²) >= 11 is 1.26. The van der Waals surface area contributed by atoms with Crippen molar-refractivity contribution in [2.45, 2.75) is 12.1 Å². The minimum absolute atomic E-state index is 0.110. The Morgan fingerprint density at radius 1 is 1.62 bits per heavy atom. The Morgan fingerprint density at radius 2 is 2.38 bits per heavy atom. The number of likely N-dealkylation sites (tertiary alicyclic amines) is 1. The molecule has 0 saturated carbocycles. The van der Waals surface area contributed by atoms with E-state index in [9.17, 15) is 14.0 Å². The van der Waals surface area contributed by atoms with E-state index in [0.717, 1.165) is 0 Å².